The molecule has 0 saturated carbocycles. The topological polar surface area (TPSA) is 12.0 Å². The molecule has 2 unspecified atom stereocenters. The van der Waals surface area contributed by atoms with Crippen LogP contribution in [0.4, 0.5) is 4.39 Å². The molecule has 0 aliphatic carbocycles. The first-order valence-electron chi connectivity index (χ1n) is 6.95. The first kappa shape index (κ1) is 15.1. The zero-order valence-corrected chi connectivity index (χ0v) is 12.9. The molecule has 1 aromatic rings. The quantitative estimate of drug-likeness (QED) is 0.847. The van der Waals surface area contributed by atoms with Crippen molar-refractivity contribution in [3.05, 3.63) is 34.6 Å². The molecule has 19 heavy (non-hydrogen) atoms. The summed E-state index contributed by atoms with van der Waals surface area (Å²) in [6, 6.07) is 5.07. The van der Waals surface area contributed by atoms with Crippen LogP contribution in [0.25, 0.3) is 0 Å². The van der Waals surface area contributed by atoms with E-state index in [0.717, 1.165) is 24.9 Å². The lowest BCUT2D eigenvalue weighted by Crippen LogP contribution is -2.38. The number of thioether (sulfide) groups is 1. The average molecular weight is 302 g/mol. The van der Waals surface area contributed by atoms with Crippen LogP contribution in [0.1, 0.15) is 25.3 Å². The van der Waals surface area contributed by atoms with Gasteiger partial charge in [0.2, 0.25) is 0 Å². The Balaban J connectivity index is 2.07. The standard InChI is InChI=1S/C15H21ClFNS/c1-2-6-18-15(11-5-7-19-10-11)9-12-8-13(17)3-4-14(12)16/h3-4,8,11,15,18H,2,5-7,9-10H2,1H3. The second-order valence-corrected chi connectivity index (χ2v) is 6.68. The lowest BCUT2D eigenvalue weighted by Gasteiger charge is -2.25. The summed E-state index contributed by atoms with van der Waals surface area (Å²) < 4.78 is 13.3. The Hall–Kier alpha value is -0.250. The Morgan fingerprint density at radius 3 is 3.05 bits per heavy atom. The van der Waals surface area contributed by atoms with Crippen molar-refractivity contribution in [2.24, 2.45) is 5.92 Å². The molecule has 1 N–H and O–H groups in total. The van der Waals surface area contributed by atoms with Gasteiger partial charge in [-0.15, -0.1) is 0 Å². The number of hydrogen-bond acceptors (Lipinski definition) is 2. The first-order valence-corrected chi connectivity index (χ1v) is 8.49. The second-order valence-electron chi connectivity index (χ2n) is 5.12. The molecule has 1 heterocycles. The molecular weight excluding hydrogens is 281 g/mol. The van der Waals surface area contributed by atoms with Gasteiger partial charge in [0.25, 0.3) is 0 Å². The van der Waals surface area contributed by atoms with Crippen LogP contribution in [0, 0.1) is 11.7 Å². The summed E-state index contributed by atoms with van der Waals surface area (Å²) in [5.74, 6) is 2.92. The average Bonchev–Trinajstić information content (AvgIpc) is 2.92. The molecule has 4 heteroatoms. The van der Waals surface area contributed by atoms with E-state index in [2.05, 4.69) is 12.2 Å². The van der Waals surface area contributed by atoms with Crippen LogP contribution >= 0.6 is 23.4 Å². The monoisotopic (exact) mass is 301 g/mol. The van der Waals surface area contributed by atoms with Crippen molar-refractivity contribution in [3.8, 4) is 0 Å². The summed E-state index contributed by atoms with van der Waals surface area (Å²) in [5, 5.41) is 4.29. The fraction of sp³-hybridized carbons (Fsp3) is 0.600. The van der Waals surface area contributed by atoms with Crippen LogP contribution in [-0.2, 0) is 6.42 Å². The number of hydrogen-bond donors (Lipinski definition) is 1. The zero-order valence-electron chi connectivity index (χ0n) is 11.3. The van der Waals surface area contributed by atoms with E-state index in [1.54, 1.807) is 12.1 Å². The molecule has 1 aliphatic heterocycles. The van der Waals surface area contributed by atoms with Crippen molar-refractivity contribution in [2.45, 2.75) is 32.2 Å². The molecule has 0 radical (unpaired) electrons. The van der Waals surface area contributed by atoms with Gasteiger partial charge in [0.05, 0.1) is 0 Å². The van der Waals surface area contributed by atoms with Crippen LogP contribution in [0.2, 0.25) is 5.02 Å². The van der Waals surface area contributed by atoms with Gasteiger partial charge in [0.15, 0.2) is 0 Å². The van der Waals surface area contributed by atoms with E-state index in [9.17, 15) is 4.39 Å². The predicted octanol–water partition coefficient (Wildman–Crippen LogP) is 4.14. The Morgan fingerprint density at radius 2 is 2.37 bits per heavy atom. The van der Waals surface area contributed by atoms with E-state index in [1.165, 1.54) is 24.0 Å². The molecule has 0 aromatic heterocycles. The van der Waals surface area contributed by atoms with Crippen LogP contribution < -0.4 is 5.32 Å². The third-order valence-corrected chi connectivity index (χ3v) is 5.20. The third kappa shape index (κ3) is 4.37. The van der Waals surface area contributed by atoms with E-state index in [4.69, 9.17) is 11.6 Å². The summed E-state index contributed by atoms with van der Waals surface area (Å²) in [6.45, 7) is 3.18. The normalized spacial score (nSPS) is 20.7. The minimum absolute atomic E-state index is 0.200. The van der Waals surface area contributed by atoms with E-state index in [-0.39, 0.29) is 5.82 Å². The molecule has 1 aromatic carbocycles. The van der Waals surface area contributed by atoms with E-state index in [1.807, 2.05) is 11.8 Å². The predicted molar refractivity (Wildman–Crippen MR) is 82.6 cm³/mol. The maximum absolute atomic E-state index is 13.3. The maximum Gasteiger partial charge on any atom is 0.123 e. The number of benzene rings is 1. The second kappa shape index (κ2) is 7.51. The molecule has 2 rings (SSSR count). The van der Waals surface area contributed by atoms with Crippen molar-refractivity contribution >= 4 is 23.4 Å². The fourth-order valence-corrected chi connectivity index (χ4v) is 4.07. The van der Waals surface area contributed by atoms with Gasteiger partial charge in [-0.2, -0.15) is 11.8 Å². The molecule has 1 aliphatic rings. The van der Waals surface area contributed by atoms with E-state index >= 15 is 0 Å². The summed E-state index contributed by atoms with van der Waals surface area (Å²) in [5.41, 5.74) is 0.923. The smallest absolute Gasteiger partial charge is 0.123 e. The van der Waals surface area contributed by atoms with Gasteiger partial charge in [-0.3, -0.25) is 0 Å². The molecule has 0 bridgehead atoms. The molecule has 0 amide bonds. The van der Waals surface area contributed by atoms with E-state index < -0.39 is 0 Å². The SMILES string of the molecule is CCCNC(Cc1cc(F)ccc1Cl)C1CCSC1. The van der Waals surface area contributed by atoms with Crippen molar-refractivity contribution in [2.75, 3.05) is 18.1 Å². The highest BCUT2D eigenvalue weighted by Crippen LogP contribution is 2.29. The van der Waals surface area contributed by atoms with Crippen molar-refractivity contribution in [1.29, 1.82) is 0 Å². The fourth-order valence-electron chi connectivity index (χ4n) is 2.54. The molecule has 0 spiro atoms. The van der Waals surface area contributed by atoms with Gasteiger partial charge in [-0.05, 0) is 67.0 Å². The molecule has 2 atom stereocenters. The molecule has 1 saturated heterocycles. The highest BCUT2D eigenvalue weighted by atomic mass is 35.5. The van der Waals surface area contributed by atoms with Gasteiger partial charge in [0, 0.05) is 11.1 Å². The number of halogens is 2. The third-order valence-electron chi connectivity index (χ3n) is 3.64. The Bertz CT molecular complexity index is 407. The van der Waals surface area contributed by atoms with Crippen molar-refractivity contribution in [3.63, 3.8) is 0 Å². The number of rotatable bonds is 6. The van der Waals surface area contributed by atoms with Crippen LogP contribution in [0.15, 0.2) is 18.2 Å². The highest BCUT2D eigenvalue weighted by molar-refractivity contribution is 7.99. The molecule has 1 nitrogen and oxygen atoms in total. The number of nitrogens with one attached hydrogen (secondary N) is 1. The summed E-state index contributed by atoms with van der Waals surface area (Å²) in [6.07, 6.45) is 3.19. The Morgan fingerprint density at radius 1 is 1.53 bits per heavy atom. The van der Waals surface area contributed by atoms with Gasteiger partial charge in [0.1, 0.15) is 5.82 Å². The first-order chi connectivity index (χ1) is 9.20. The summed E-state index contributed by atoms with van der Waals surface area (Å²) in [4.78, 5) is 0. The molecule has 106 valence electrons. The van der Waals surface area contributed by atoms with Crippen LogP contribution in [0.3, 0.4) is 0 Å². The highest BCUT2D eigenvalue weighted by Gasteiger charge is 2.25. The molecule has 1 fully saturated rings. The van der Waals surface area contributed by atoms with Gasteiger partial charge >= 0.3 is 0 Å². The maximum atomic E-state index is 13.3. The minimum atomic E-state index is -0.200. The van der Waals surface area contributed by atoms with Crippen LogP contribution in [-0.4, -0.2) is 24.1 Å². The van der Waals surface area contributed by atoms with Crippen molar-refractivity contribution < 1.29 is 4.39 Å². The van der Waals surface area contributed by atoms with Gasteiger partial charge in [-0.25, -0.2) is 4.39 Å². The molecular formula is C15H21ClFNS. The Labute approximate surface area is 124 Å². The van der Waals surface area contributed by atoms with Gasteiger partial charge in [-0.1, -0.05) is 18.5 Å². The summed E-state index contributed by atoms with van der Waals surface area (Å²) >= 11 is 8.20. The minimum Gasteiger partial charge on any atom is -0.313 e. The van der Waals surface area contributed by atoms with E-state index in [0.29, 0.717) is 17.0 Å². The van der Waals surface area contributed by atoms with Gasteiger partial charge < -0.3 is 5.32 Å². The lowest BCUT2D eigenvalue weighted by atomic mass is 9.92. The lowest BCUT2D eigenvalue weighted by molar-refractivity contribution is 0.380. The largest absolute Gasteiger partial charge is 0.313 e. The van der Waals surface area contributed by atoms with Crippen LogP contribution in [0.5, 0.6) is 0 Å². The summed E-state index contributed by atoms with van der Waals surface area (Å²) in [7, 11) is 0. The van der Waals surface area contributed by atoms with Crippen molar-refractivity contribution in [1.82, 2.24) is 5.32 Å². The Kier molecular flexibility index (Phi) is 5.99. The zero-order chi connectivity index (χ0) is 13.7.